The Bertz CT molecular complexity index is 476. The normalized spacial score (nSPS) is 13.6. The topological polar surface area (TPSA) is 9.23 Å². The number of hydrogen-bond donors (Lipinski definition) is 0. The molecule has 1 aromatic carbocycles. The molecule has 20 heavy (non-hydrogen) atoms. The molecule has 0 heterocycles. The molecule has 0 bridgehead atoms. The quantitative estimate of drug-likeness (QED) is 0.671. The van der Waals surface area contributed by atoms with Crippen molar-refractivity contribution in [3.8, 4) is 17.6 Å². The van der Waals surface area contributed by atoms with E-state index in [0.717, 1.165) is 18.8 Å². The molecule has 0 radical (unpaired) electrons. The van der Waals surface area contributed by atoms with Gasteiger partial charge in [-0.3, -0.25) is 0 Å². The smallest absolute Gasteiger partial charge is 0.119 e. The Kier molecular flexibility index (Phi) is 6.65. The van der Waals surface area contributed by atoms with Gasteiger partial charge in [-0.2, -0.15) is 0 Å². The lowest BCUT2D eigenvalue weighted by atomic mass is 9.86. The summed E-state index contributed by atoms with van der Waals surface area (Å²) < 4.78 is 5.78. The Hall–Kier alpha value is -1.42. The first-order valence-corrected chi connectivity index (χ1v) is 7.67. The van der Waals surface area contributed by atoms with Crippen LogP contribution < -0.4 is 4.74 Å². The predicted molar refractivity (Wildman–Crippen MR) is 87.2 cm³/mol. The molecule has 1 rings (SSSR count). The minimum Gasteiger partial charge on any atom is -0.493 e. The second-order valence-corrected chi connectivity index (χ2v) is 5.98. The van der Waals surface area contributed by atoms with Crippen LogP contribution in [0.5, 0.6) is 5.75 Å². The molecule has 0 fully saturated rings. The first-order chi connectivity index (χ1) is 9.45. The summed E-state index contributed by atoms with van der Waals surface area (Å²) in [6.07, 6.45) is 0.929. The summed E-state index contributed by atoms with van der Waals surface area (Å²) in [6.45, 7) is 13.8. The van der Waals surface area contributed by atoms with Crippen molar-refractivity contribution in [2.24, 2.45) is 11.8 Å². The third-order valence-corrected chi connectivity index (χ3v) is 3.57. The molecule has 1 nitrogen and oxygen atoms in total. The van der Waals surface area contributed by atoms with Crippen molar-refractivity contribution in [1.82, 2.24) is 0 Å². The third kappa shape index (κ3) is 4.93. The van der Waals surface area contributed by atoms with Gasteiger partial charge in [-0.15, -0.1) is 5.92 Å². The van der Waals surface area contributed by atoms with Gasteiger partial charge in [0, 0.05) is 12.3 Å². The highest BCUT2D eigenvalue weighted by molar-refractivity contribution is 5.37. The second-order valence-electron chi connectivity index (χ2n) is 5.98. The van der Waals surface area contributed by atoms with Gasteiger partial charge < -0.3 is 4.74 Å². The van der Waals surface area contributed by atoms with Crippen molar-refractivity contribution in [3.05, 3.63) is 29.3 Å². The van der Waals surface area contributed by atoms with Crippen LogP contribution in [-0.4, -0.2) is 6.61 Å². The van der Waals surface area contributed by atoms with Gasteiger partial charge in [-0.05, 0) is 42.0 Å². The van der Waals surface area contributed by atoms with Gasteiger partial charge in [-0.1, -0.05) is 46.6 Å². The van der Waals surface area contributed by atoms with Gasteiger partial charge in [0.25, 0.3) is 0 Å². The summed E-state index contributed by atoms with van der Waals surface area (Å²) in [5.41, 5.74) is 2.67. The molecular formula is C19H28O. The highest BCUT2D eigenvalue weighted by Crippen LogP contribution is 2.29. The van der Waals surface area contributed by atoms with Crippen molar-refractivity contribution in [2.45, 2.75) is 53.9 Å². The van der Waals surface area contributed by atoms with E-state index >= 15 is 0 Å². The number of hydrogen-bond acceptors (Lipinski definition) is 1. The molecule has 0 amide bonds. The fourth-order valence-corrected chi connectivity index (χ4v) is 2.17. The average Bonchev–Trinajstić information content (AvgIpc) is 2.41. The van der Waals surface area contributed by atoms with Crippen LogP contribution in [-0.2, 0) is 0 Å². The van der Waals surface area contributed by atoms with E-state index in [9.17, 15) is 0 Å². The zero-order chi connectivity index (χ0) is 15.1. The molecule has 0 saturated carbocycles. The largest absolute Gasteiger partial charge is 0.493 e. The zero-order valence-corrected chi connectivity index (χ0v) is 13.8. The van der Waals surface area contributed by atoms with E-state index in [1.807, 2.05) is 0 Å². The van der Waals surface area contributed by atoms with Crippen LogP contribution in [0, 0.1) is 30.6 Å². The maximum atomic E-state index is 5.78. The van der Waals surface area contributed by atoms with Gasteiger partial charge in [-0.25, -0.2) is 0 Å². The molecule has 0 spiro atoms. The van der Waals surface area contributed by atoms with Gasteiger partial charge in [0.15, 0.2) is 0 Å². The van der Waals surface area contributed by atoms with Crippen molar-refractivity contribution in [1.29, 1.82) is 0 Å². The molecule has 0 aliphatic rings. The van der Waals surface area contributed by atoms with Crippen LogP contribution in [0.25, 0.3) is 0 Å². The van der Waals surface area contributed by atoms with E-state index in [1.165, 1.54) is 11.1 Å². The SMILES string of the molecule is CCC#CC(C)C(C)c1ccc(OCC(C)C)cc1C. The van der Waals surface area contributed by atoms with E-state index < -0.39 is 0 Å². The Morgan fingerprint density at radius 2 is 1.85 bits per heavy atom. The maximum absolute atomic E-state index is 5.78. The lowest BCUT2D eigenvalue weighted by Gasteiger charge is -2.19. The average molecular weight is 272 g/mol. The fourth-order valence-electron chi connectivity index (χ4n) is 2.17. The minimum atomic E-state index is 0.385. The number of benzene rings is 1. The monoisotopic (exact) mass is 272 g/mol. The van der Waals surface area contributed by atoms with E-state index in [-0.39, 0.29) is 0 Å². The molecule has 1 heteroatoms. The van der Waals surface area contributed by atoms with Crippen molar-refractivity contribution >= 4 is 0 Å². The van der Waals surface area contributed by atoms with Gasteiger partial charge in [0.1, 0.15) is 5.75 Å². The maximum Gasteiger partial charge on any atom is 0.119 e. The third-order valence-electron chi connectivity index (χ3n) is 3.57. The lowest BCUT2D eigenvalue weighted by Crippen LogP contribution is -2.07. The standard InChI is InChI=1S/C19H28O/c1-7-8-9-15(4)17(6)19-11-10-18(12-16(19)5)20-13-14(2)3/h10-12,14-15,17H,7,13H2,1-6H3. The summed E-state index contributed by atoms with van der Waals surface area (Å²) in [7, 11) is 0. The molecular weight excluding hydrogens is 244 g/mol. The van der Waals surface area contributed by atoms with Gasteiger partial charge in [0.2, 0.25) is 0 Å². The Labute approximate surface area is 124 Å². The lowest BCUT2D eigenvalue weighted by molar-refractivity contribution is 0.271. The number of aryl methyl sites for hydroxylation is 1. The molecule has 110 valence electrons. The molecule has 2 atom stereocenters. The van der Waals surface area contributed by atoms with E-state index in [4.69, 9.17) is 4.74 Å². The van der Waals surface area contributed by atoms with Crippen LogP contribution >= 0.6 is 0 Å². The molecule has 2 unspecified atom stereocenters. The highest BCUT2D eigenvalue weighted by atomic mass is 16.5. The Morgan fingerprint density at radius 1 is 1.15 bits per heavy atom. The van der Waals surface area contributed by atoms with E-state index in [0.29, 0.717) is 17.8 Å². The van der Waals surface area contributed by atoms with E-state index in [1.54, 1.807) is 0 Å². The van der Waals surface area contributed by atoms with Crippen LogP contribution in [0.2, 0.25) is 0 Å². The molecule has 0 saturated heterocycles. The van der Waals surface area contributed by atoms with E-state index in [2.05, 4.69) is 71.6 Å². The minimum absolute atomic E-state index is 0.385. The number of rotatable bonds is 5. The molecule has 0 aromatic heterocycles. The Balaban J connectivity index is 2.81. The van der Waals surface area contributed by atoms with Crippen molar-refractivity contribution in [3.63, 3.8) is 0 Å². The summed E-state index contributed by atoms with van der Waals surface area (Å²) >= 11 is 0. The van der Waals surface area contributed by atoms with Crippen molar-refractivity contribution in [2.75, 3.05) is 6.61 Å². The predicted octanol–water partition coefficient (Wildman–Crippen LogP) is 5.18. The van der Waals surface area contributed by atoms with Gasteiger partial charge in [0.05, 0.1) is 6.61 Å². The first-order valence-electron chi connectivity index (χ1n) is 7.67. The van der Waals surface area contributed by atoms with Crippen LogP contribution in [0.4, 0.5) is 0 Å². The molecule has 0 N–H and O–H groups in total. The molecule has 1 aromatic rings. The zero-order valence-electron chi connectivity index (χ0n) is 13.8. The summed E-state index contributed by atoms with van der Waals surface area (Å²) in [4.78, 5) is 0. The summed E-state index contributed by atoms with van der Waals surface area (Å²) in [6, 6.07) is 6.43. The highest BCUT2D eigenvalue weighted by Gasteiger charge is 2.14. The van der Waals surface area contributed by atoms with Crippen LogP contribution in [0.3, 0.4) is 0 Å². The first kappa shape index (κ1) is 16.6. The molecule has 0 aliphatic heterocycles. The van der Waals surface area contributed by atoms with Gasteiger partial charge >= 0.3 is 0 Å². The second kappa shape index (κ2) is 8.00. The Morgan fingerprint density at radius 3 is 2.40 bits per heavy atom. The summed E-state index contributed by atoms with van der Waals surface area (Å²) in [5, 5.41) is 0. The number of ether oxygens (including phenoxy) is 1. The van der Waals surface area contributed by atoms with Crippen LogP contribution in [0.15, 0.2) is 18.2 Å². The van der Waals surface area contributed by atoms with Crippen molar-refractivity contribution < 1.29 is 4.74 Å². The van der Waals surface area contributed by atoms with Crippen LogP contribution in [0.1, 0.15) is 58.1 Å². The molecule has 0 aliphatic carbocycles. The summed E-state index contributed by atoms with van der Waals surface area (Å²) in [5.74, 6) is 8.88. The fraction of sp³-hybridized carbons (Fsp3) is 0.579.